The van der Waals surface area contributed by atoms with Gasteiger partial charge in [-0.1, -0.05) is 6.42 Å². The second-order valence-corrected chi connectivity index (χ2v) is 5.04. The lowest BCUT2D eigenvalue weighted by Gasteiger charge is -2.25. The summed E-state index contributed by atoms with van der Waals surface area (Å²) in [4.78, 5) is 1.40. The smallest absolute Gasteiger partial charge is 0.0317 e. The Hall–Kier alpha value is -0.630. The largest absolute Gasteiger partial charge is 0.399 e. The molecule has 0 radical (unpaired) electrons. The van der Waals surface area contributed by atoms with Crippen molar-refractivity contribution < 1.29 is 0 Å². The van der Waals surface area contributed by atoms with Crippen molar-refractivity contribution >= 4 is 17.4 Å². The highest BCUT2D eigenvalue weighted by Crippen LogP contribution is 2.37. The van der Waals surface area contributed by atoms with Crippen LogP contribution < -0.4 is 5.73 Å². The third-order valence-electron chi connectivity index (χ3n) is 2.54. The first-order valence-corrected chi connectivity index (χ1v) is 5.66. The minimum Gasteiger partial charge on any atom is -0.399 e. The molecule has 70 valence electrons. The summed E-state index contributed by atoms with van der Waals surface area (Å²) in [5.74, 6) is 0. The molecule has 2 rings (SSSR count). The summed E-state index contributed by atoms with van der Waals surface area (Å²) in [6.45, 7) is 2.14. The van der Waals surface area contributed by atoms with Gasteiger partial charge in [-0.15, -0.1) is 11.8 Å². The highest BCUT2D eigenvalue weighted by Gasteiger charge is 2.18. The SMILES string of the molecule is Cc1cc(N)ccc1SC1CCC1. The molecule has 1 aromatic carbocycles. The molecule has 0 amide bonds. The molecule has 0 unspecified atom stereocenters. The normalized spacial score (nSPS) is 17.0. The molecular formula is C11H15NS. The van der Waals surface area contributed by atoms with Gasteiger partial charge < -0.3 is 5.73 Å². The monoisotopic (exact) mass is 193 g/mol. The predicted molar refractivity (Wildman–Crippen MR) is 59.1 cm³/mol. The Morgan fingerprint density at radius 2 is 2.15 bits per heavy atom. The van der Waals surface area contributed by atoms with Crippen molar-refractivity contribution in [3.05, 3.63) is 23.8 Å². The molecule has 1 saturated carbocycles. The third-order valence-corrected chi connectivity index (χ3v) is 4.06. The van der Waals surface area contributed by atoms with Crippen molar-refractivity contribution in [2.24, 2.45) is 0 Å². The molecule has 1 aliphatic rings. The van der Waals surface area contributed by atoms with Crippen LogP contribution in [-0.4, -0.2) is 5.25 Å². The standard InChI is InChI=1S/C11H15NS/c1-8-7-9(12)5-6-11(8)13-10-3-2-4-10/h5-7,10H,2-4,12H2,1H3. The highest BCUT2D eigenvalue weighted by molar-refractivity contribution is 8.00. The topological polar surface area (TPSA) is 26.0 Å². The molecule has 1 aliphatic carbocycles. The zero-order valence-electron chi connectivity index (χ0n) is 7.92. The number of thioether (sulfide) groups is 1. The van der Waals surface area contributed by atoms with Crippen LogP contribution in [0.3, 0.4) is 0 Å². The molecule has 1 nitrogen and oxygen atoms in total. The van der Waals surface area contributed by atoms with Crippen LogP contribution in [0.4, 0.5) is 5.69 Å². The molecule has 1 aromatic rings. The van der Waals surface area contributed by atoms with Gasteiger partial charge in [0.25, 0.3) is 0 Å². The summed E-state index contributed by atoms with van der Waals surface area (Å²) in [5, 5.41) is 0.863. The van der Waals surface area contributed by atoms with Gasteiger partial charge in [0, 0.05) is 15.8 Å². The van der Waals surface area contributed by atoms with Gasteiger partial charge >= 0.3 is 0 Å². The fourth-order valence-corrected chi connectivity index (χ4v) is 2.79. The van der Waals surface area contributed by atoms with Gasteiger partial charge in [-0.2, -0.15) is 0 Å². The maximum absolute atomic E-state index is 5.70. The van der Waals surface area contributed by atoms with Crippen LogP contribution in [0.5, 0.6) is 0 Å². The van der Waals surface area contributed by atoms with E-state index < -0.39 is 0 Å². The minimum absolute atomic E-state index is 0.863. The number of hydrogen-bond acceptors (Lipinski definition) is 2. The van der Waals surface area contributed by atoms with Crippen LogP contribution in [0.2, 0.25) is 0 Å². The maximum atomic E-state index is 5.70. The van der Waals surface area contributed by atoms with Crippen LogP contribution in [0.15, 0.2) is 23.1 Å². The minimum atomic E-state index is 0.863. The van der Waals surface area contributed by atoms with Gasteiger partial charge in [0.1, 0.15) is 0 Å². The lowest BCUT2D eigenvalue weighted by Crippen LogP contribution is -2.12. The number of anilines is 1. The number of benzene rings is 1. The maximum Gasteiger partial charge on any atom is 0.0317 e. The van der Waals surface area contributed by atoms with E-state index in [-0.39, 0.29) is 0 Å². The van der Waals surface area contributed by atoms with Crippen LogP contribution >= 0.6 is 11.8 Å². The highest BCUT2D eigenvalue weighted by atomic mass is 32.2. The average Bonchev–Trinajstić information content (AvgIpc) is 1.99. The van der Waals surface area contributed by atoms with E-state index in [1.54, 1.807) is 0 Å². The Kier molecular flexibility index (Phi) is 2.49. The zero-order valence-corrected chi connectivity index (χ0v) is 8.73. The van der Waals surface area contributed by atoms with E-state index in [1.807, 2.05) is 17.8 Å². The molecule has 1 fully saturated rings. The van der Waals surface area contributed by atoms with Gasteiger partial charge in [0.05, 0.1) is 0 Å². The Balaban J connectivity index is 2.10. The van der Waals surface area contributed by atoms with E-state index in [1.165, 1.54) is 29.7 Å². The molecule has 0 heterocycles. The number of nitrogen functional groups attached to an aromatic ring is 1. The van der Waals surface area contributed by atoms with Gasteiger partial charge in [-0.3, -0.25) is 0 Å². The molecule has 0 atom stereocenters. The van der Waals surface area contributed by atoms with Crippen molar-refractivity contribution in [3.8, 4) is 0 Å². The summed E-state index contributed by atoms with van der Waals surface area (Å²) in [7, 11) is 0. The fourth-order valence-electron chi connectivity index (χ4n) is 1.47. The first kappa shape index (κ1) is 8.95. The van der Waals surface area contributed by atoms with E-state index in [4.69, 9.17) is 5.73 Å². The van der Waals surface area contributed by atoms with Crippen LogP contribution in [-0.2, 0) is 0 Å². The quantitative estimate of drug-likeness (QED) is 0.730. The number of hydrogen-bond donors (Lipinski definition) is 1. The molecule has 0 spiro atoms. The summed E-state index contributed by atoms with van der Waals surface area (Å²) in [5.41, 5.74) is 7.88. The lowest BCUT2D eigenvalue weighted by atomic mass is 10.00. The van der Waals surface area contributed by atoms with E-state index >= 15 is 0 Å². The van der Waals surface area contributed by atoms with E-state index in [0.717, 1.165) is 10.9 Å². The van der Waals surface area contributed by atoms with Crippen molar-refractivity contribution in [2.75, 3.05) is 5.73 Å². The zero-order chi connectivity index (χ0) is 9.26. The lowest BCUT2D eigenvalue weighted by molar-refractivity contribution is 0.522. The molecular weight excluding hydrogens is 178 g/mol. The van der Waals surface area contributed by atoms with E-state index in [0.29, 0.717) is 0 Å². The summed E-state index contributed by atoms with van der Waals surface area (Å²) >= 11 is 2.01. The summed E-state index contributed by atoms with van der Waals surface area (Å²) in [6.07, 6.45) is 4.18. The van der Waals surface area contributed by atoms with Crippen LogP contribution in [0.1, 0.15) is 24.8 Å². The fraction of sp³-hybridized carbons (Fsp3) is 0.455. The second kappa shape index (κ2) is 3.62. The summed E-state index contributed by atoms with van der Waals surface area (Å²) < 4.78 is 0. The van der Waals surface area contributed by atoms with Crippen molar-refractivity contribution in [1.29, 1.82) is 0 Å². The number of rotatable bonds is 2. The molecule has 2 N–H and O–H groups in total. The first-order chi connectivity index (χ1) is 6.25. The van der Waals surface area contributed by atoms with Crippen molar-refractivity contribution in [3.63, 3.8) is 0 Å². The molecule has 0 saturated heterocycles. The summed E-state index contributed by atoms with van der Waals surface area (Å²) in [6, 6.07) is 6.20. The third kappa shape index (κ3) is 1.99. The van der Waals surface area contributed by atoms with Gasteiger partial charge in [0.2, 0.25) is 0 Å². The second-order valence-electron chi connectivity index (χ2n) is 3.70. The first-order valence-electron chi connectivity index (χ1n) is 4.78. The Morgan fingerprint density at radius 3 is 2.69 bits per heavy atom. The predicted octanol–water partition coefficient (Wildman–Crippen LogP) is 3.22. The van der Waals surface area contributed by atoms with Gasteiger partial charge in [0.15, 0.2) is 0 Å². The van der Waals surface area contributed by atoms with E-state index in [9.17, 15) is 0 Å². The van der Waals surface area contributed by atoms with E-state index in [2.05, 4.69) is 19.1 Å². The molecule has 2 heteroatoms. The van der Waals surface area contributed by atoms with Gasteiger partial charge in [-0.05, 0) is 43.5 Å². The van der Waals surface area contributed by atoms with Crippen LogP contribution in [0, 0.1) is 6.92 Å². The number of nitrogens with two attached hydrogens (primary N) is 1. The average molecular weight is 193 g/mol. The Bertz CT molecular complexity index is 305. The molecule has 0 bridgehead atoms. The Morgan fingerprint density at radius 1 is 1.38 bits per heavy atom. The van der Waals surface area contributed by atoms with Crippen LogP contribution in [0.25, 0.3) is 0 Å². The van der Waals surface area contributed by atoms with Gasteiger partial charge in [-0.25, -0.2) is 0 Å². The molecule has 0 aliphatic heterocycles. The van der Waals surface area contributed by atoms with Crippen molar-refractivity contribution in [1.82, 2.24) is 0 Å². The molecule has 0 aromatic heterocycles. The number of aryl methyl sites for hydroxylation is 1. The molecule has 13 heavy (non-hydrogen) atoms. The van der Waals surface area contributed by atoms with Crippen molar-refractivity contribution in [2.45, 2.75) is 36.3 Å². The Labute approximate surface area is 83.7 Å².